The Morgan fingerprint density at radius 3 is 2.71 bits per heavy atom. The second-order valence-electron chi connectivity index (χ2n) is 4.60. The predicted molar refractivity (Wildman–Crippen MR) is 82.4 cm³/mol. The number of hydrogen-bond acceptors (Lipinski definition) is 5. The van der Waals surface area contributed by atoms with Crippen molar-refractivity contribution in [1.82, 2.24) is 0 Å². The molecule has 120 valence electrons. The van der Waals surface area contributed by atoms with Crippen LogP contribution in [-0.2, 0) is 9.47 Å². The molecule has 0 aromatic heterocycles. The normalized spacial score (nSPS) is 10.6. The fourth-order valence-electron chi connectivity index (χ4n) is 1.69. The zero-order valence-electron chi connectivity index (χ0n) is 12.8. The number of nitrogens with two attached hydrogens (primary N) is 1. The highest BCUT2D eigenvalue weighted by Gasteiger charge is 2.08. The summed E-state index contributed by atoms with van der Waals surface area (Å²) in [4.78, 5) is 0. The van der Waals surface area contributed by atoms with Gasteiger partial charge < -0.3 is 25.3 Å². The van der Waals surface area contributed by atoms with Gasteiger partial charge in [0.2, 0.25) is 0 Å². The summed E-state index contributed by atoms with van der Waals surface area (Å²) in [5.41, 5.74) is 6.85. The number of nitrogen functional groups attached to an aromatic ring is 1. The van der Waals surface area contributed by atoms with Gasteiger partial charge in [-0.25, -0.2) is 4.39 Å². The lowest BCUT2D eigenvalue weighted by atomic mass is 10.2. The number of methoxy groups -OCH3 is 1. The molecule has 21 heavy (non-hydrogen) atoms. The number of rotatable bonds is 11. The first-order chi connectivity index (χ1) is 10.2. The van der Waals surface area contributed by atoms with Crippen molar-refractivity contribution in [2.45, 2.75) is 19.8 Å². The van der Waals surface area contributed by atoms with Gasteiger partial charge in [-0.3, -0.25) is 0 Å². The van der Waals surface area contributed by atoms with Crippen molar-refractivity contribution < 1.29 is 18.6 Å². The maximum Gasteiger partial charge on any atom is 0.167 e. The Kier molecular flexibility index (Phi) is 8.54. The first-order valence-electron chi connectivity index (χ1n) is 7.21. The molecule has 3 N–H and O–H groups in total. The van der Waals surface area contributed by atoms with Crippen molar-refractivity contribution in [2.24, 2.45) is 0 Å². The number of ether oxygens (including phenoxy) is 3. The van der Waals surface area contributed by atoms with Crippen LogP contribution in [-0.4, -0.2) is 40.1 Å². The summed E-state index contributed by atoms with van der Waals surface area (Å²) in [6.45, 7) is 4.96. The first-order valence-corrected chi connectivity index (χ1v) is 7.21. The summed E-state index contributed by atoms with van der Waals surface area (Å²) < 4.78 is 29.2. The molecule has 0 bridgehead atoms. The van der Waals surface area contributed by atoms with E-state index in [0.717, 1.165) is 12.8 Å². The van der Waals surface area contributed by atoms with Crippen molar-refractivity contribution in [3.63, 3.8) is 0 Å². The molecule has 0 aliphatic carbocycles. The van der Waals surface area contributed by atoms with Crippen LogP contribution in [0.2, 0.25) is 0 Å². The number of nitrogens with one attached hydrogen (secondary N) is 1. The van der Waals surface area contributed by atoms with Crippen LogP contribution in [0.5, 0.6) is 5.75 Å². The van der Waals surface area contributed by atoms with E-state index in [2.05, 4.69) is 5.32 Å². The third kappa shape index (κ3) is 6.64. The fourth-order valence-corrected chi connectivity index (χ4v) is 1.69. The lowest BCUT2D eigenvalue weighted by molar-refractivity contribution is 0.0705. The van der Waals surface area contributed by atoms with Gasteiger partial charge in [-0.2, -0.15) is 0 Å². The van der Waals surface area contributed by atoms with Gasteiger partial charge in [0.25, 0.3) is 0 Å². The lowest BCUT2D eigenvalue weighted by Crippen LogP contribution is -2.10. The van der Waals surface area contributed by atoms with Crippen molar-refractivity contribution in [3.8, 4) is 5.75 Å². The molecule has 1 aromatic carbocycles. The zero-order chi connectivity index (χ0) is 15.5. The van der Waals surface area contributed by atoms with Gasteiger partial charge in [-0.15, -0.1) is 0 Å². The van der Waals surface area contributed by atoms with Gasteiger partial charge in [0.05, 0.1) is 31.2 Å². The second kappa shape index (κ2) is 10.2. The van der Waals surface area contributed by atoms with Crippen LogP contribution in [0.3, 0.4) is 0 Å². The van der Waals surface area contributed by atoms with Crippen LogP contribution in [0.25, 0.3) is 0 Å². The molecule has 1 rings (SSSR count). The first kappa shape index (κ1) is 17.5. The van der Waals surface area contributed by atoms with Crippen molar-refractivity contribution >= 4 is 11.4 Å². The summed E-state index contributed by atoms with van der Waals surface area (Å²) in [5, 5.41) is 3.16. The van der Waals surface area contributed by atoms with Crippen LogP contribution >= 0.6 is 0 Å². The maximum atomic E-state index is 13.7. The smallest absolute Gasteiger partial charge is 0.167 e. The highest BCUT2D eigenvalue weighted by Crippen LogP contribution is 2.28. The molecule has 0 fully saturated rings. The molecule has 0 amide bonds. The molecule has 0 spiro atoms. The minimum atomic E-state index is -0.436. The highest BCUT2D eigenvalue weighted by atomic mass is 19.1. The van der Waals surface area contributed by atoms with E-state index in [0.29, 0.717) is 44.3 Å². The molecule has 0 aliphatic heterocycles. The van der Waals surface area contributed by atoms with E-state index in [1.165, 1.54) is 6.07 Å². The quantitative estimate of drug-likeness (QED) is 0.486. The Labute approximate surface area is 125 Å². The molecule has 0 heterocycles. The Morgan fingerprint density at radius 1 is 1.19 bits per heavy atom. The van der Waals surface area contributed by atoms with Crippen molar-refractivity contribution in [1.29, 1.82) is 0 Å². The number of benzene rings is 1. The Hall–Kier alpha value is -1.53. The Morgan fingerprint density at radius 2 is 2.00 bits per heavy atom. The van der Waals surface area contributed by atoms with Gasteiger partial charge >= 0.3 is 0 Å². The second-order valence-corrected chi connectivity index (χ2v) is 4.60. The van der Waals surface area contributed by atoms with Gasteiger partial charge in [0, 0.05) is 32.4 Å². The molecule has 0 unspecified atom stereocenters. The van der Waals surface area contributed by atoms with Crippen LogP contribution in [0, 0.1) is 5.82 Å². The summed E-state index contributed by atoms with van der Waals surface area (Å²) >= 11 is 0. The standard InChI is InChI=1S/C15H25FN2O3/c1-3-6-21-15-11-14(13(17)10-12(15)16)18-5-4-7-20-9-8-19-2/h10-11,18H,3-9,17H2,1-2H3. The van der Waals surface area contributed by atoms with Crippen LogP contribution < -0.4 is 15.8 Å². The molecule has 6 heteroatoms. The van der Waals surface area contributed by atoms with E-state index in [1.54, 1.807) is 13.2 Å². The van der Waals surface area contributed by atoms with Gasteiger partial charge in [0.1, 0.15) is 0 Å². The van der Waals surface area contributed by atoms with E-state index >= 15 is 0 Å². The third-order valence-electron chi connectivity index (χ3n) is 2.78. The molecular formula is C15H25FN2O3. The van der Waals surface area contributed by atoms with Crippen molar-refractivity contribution in [3.05, 3.63) is 17.9 Å². The summed E-state index contributed by atoms with van der Waals surface area (Å²) in [5.74, 6) is -0.209. The molecule has 0 saturated heterocycles. The van der Waals surface area contributed by atoms with E-state index in [9.17, 15) is 4.39 Å². The number of anilines is 2. The average molecular weight is 300 g/mol. The van der Waals surface area contributed by atoms with Gasteiger partial charge in [-0.1, -0.05) is 6.92 Å². The molecule has 0 atom stereocenters. The van der Waals surface area contributed by atoms with E-state index < -0.39 is 5.82 Å². The zero-order valence-corrected chi connectivity index (χ0v) is 12.8. The molecule has 0 radical (unpaired) electrons. The SMILES string of the molecule is CCCOc1cc(NCCCOCCOC)c(N)cc1F. The topological polar surface area (TPSA) is 65.7 Å². The van der Waals surface area contributed by atoms with Gasteiger partial charge in [0.15, 0.2) is 11.6 Å². The molecular weight excluding hydrogens is 275 g/mol. The summed E-state index contributed by atoms with van der Waals surface area (Å²) in [6, 6.07) is 2.88. The predicted octanol–water partition coefficient (Wildman–Crippen LogP) is 2.66. The van der Waals surface area contributed by atoms with E-state index in [1.807, 2.05) is 6.92 Å². The van der Waals surface area contributed by atoms with E-state index in [-0.39, 0.29) is 5.75 Å². The van der Waals surface area contributed by atoms with Crippen LogP contribution in [0.15, 0.2) is 12.1 Å². The minimum absolute atomic E-state index is 0.227. The number of halogens is 1. The van der Waals surface area contributed by atoms with Crippen LogP contribution in [0.4, 0.5) is 15.8 Å². The molecule has 0 saturated carbocycles. The average Bonchev–Trinajstić information content (AvgIpc) is 2.47. The molecule has 1 aromatic rings. The fraction of sp³-hybridized carbons (Fsp3) is 0.600. The van der Waals surface area contributed by atoms with Crippen molar-refractivity contribution in [2.75, 3.05) is 51.1 Å². The molecule has 5 nitrogen and oxygen atoms in total. The number of hydrogen-bond donors (Lipinski definition) is 2. The van der Waals surface area contributed by atoms with Gasteiger partial charge in [-0.05, 0) is 12.8 Å². The van der Waals surface area contributed by atoms with Crippen LogP contribution in [0.1, 0.15) is 19.8 Å². The summed E-state index contributed by atoms with van der Waals surface area (Å²) in [7, 11) is 1.64. The Bertz CT molecular complexity index is 416. The molecule has 0 aliphatic rings. The minimum Gasteiger partial charge on any atom is -0.490 e. The Balaban J connectivity index is 2.39. The van der Waals surface area contributed by atoms with E-state index in [4.69, 9.17) is 19.9 Å². The summed E-state index contributed by atoms with van der Waals surface area (Å²) in [6.07, 6.45) is 1.65. The largest absolute Gasteiger partial charge is 0.490 e. The lowest BCUT2D eigenvalue weighted by Gasteiger charge is -2.13. The monoisotopic (exact) mass is 300 g/mol. The highest BCUT2D eigenvalue weighted by molar-refractivity contribution is 5.68. The maximum absolute atomic E-state index is 13.7. The third-order valence-corrected chi connectivity index (χ3v) is 2.78.